The third-order valence-electron chi connectivity index (χ3n) is 5.56. The lowest BCUT2D eigenvalue weighted by atomic mass is 9.63. The molecule has 2 aromatic heterocycles. The Labute approximate surface area is 141 Å². The number of aromatic nitrogens is 3. The van der Waals surface area contributed by atoms with E-state index in [0.717, 1.165) is 24.4 Å². The van der Waals surface area contributed by atoms with Gasteiger partial charge in [0.2, 0.25) is 0 Å². The van der Waals surface area contributed by atoms with E-state index in [2.05, 4.69) is 14.9 Å². The third-order valence-corrected chi connectivity index (χ3v) is 5.56. The van der Waals surface area contributed by atoms with Crippen LogP contribution in [0.4, 0.5) is 5.82 Å². The first-order valence-electron chi connectivity index (χ1n) is 8.94. The van der Waals surface area contributed by atoms with E-state index in [1.54, 1.807) is 6.92 Å². The molecule has 1 saturated heterocycles. The van der Waals surface area contributed by atoms with Crippen molar-refractivity contribution in [2.45, 2.75) is 45.4 Å². The number of carbonyl (C=O) groups excluding carboxylic acids is 1. The Bertz CT molecular complexity index is 741. The summed E-state index contributed by atoms with van der Waals surface area (Å²) in [5.74, 6) is 1.34. The highest BCUT2D eigenvalue weighted by molar-refractivity contribution is 5.76. The van der Waals surface area contributed by atoms with Gasteiger partial charge >= 0.3 is 5.97 Å². The summed E-state index contributed by atoms with van der Waals surface area (Å²) in [5.41, 5.74) is 2.18. The first-order valence-corrected chi connectivity index (χ1v) is 8.94. The average molecular weight is 328 g/mol. The van der Waals surface area contributed by atoms with E-state index >= 15 is 0 Å². The maximum atomic E-state index is 11.6. The molecule has 1 N–H and O–H groups in total. The lowest BCUT2D eigenvalue weighted by Crippen LogP contribution is -2.43. The lowest BCUT2D eigenvalue weighted by molar-refractivity contribution is -0.142. The van der Waals surface area contributed by atoms with Crippen LogP contribution in [-0.2, 0) is 16.0 Å². The van der Waals surface area contributed by atoms with Crippen LogP contribution in [0.15, 0.2) is 12.1 Å². The Kier molecular flexibility index (Phi) is 3.90. The number of nitrogens with one attached hydrogen (secondary N) is 1. The summed E-state index contributed by atoms with van der Waals surface area (Å²) in [6.45, 7) is 4.35. The number of H-pyrrole nitrogens is 1. The van der Waals surface area contributed by atoms with E-state index in [4.69, 9.17) is 9.72 Å². The van der Waals surface area contributed by atoms with Crippen molar-refractivity contribution in [2.24, 2.45) is 5.41 Å². The van der Waals surface area contributed by atoms with Crippen LogP contribution >= 0.6 is 0 Å². The van der Waals surface area contributed by atoms with Crippen molar-refractivity contribution >= 4 is 23.0 Å². The van der Waals surface area contributed by atoms with Gasteiger partial charge in [-0.3, -0.25) is 4.79 Å². The smallest absolute Gasteiger partial charge is 0.313 e. The number of carbonyl (C=O) groups is 1. The fraction of sp³-hybridized carbons (Fsp3) is 0.611. The zero-order chi connectivity index (χ0) is 16.6. The number of anilines is 1. The molecule has 0 atom stereocenters. The van der Waals surface area contributed by atoms with E-state index in [1.807, 2.05) is 12.1 Å². The van der Waals surface area contributed by atoms with Crippen LogP contribution in [0.5, 0.6) is 0 Å². The molecular weight excluding hydrogens is 304 g/mol. The number of pyridine rings is 1. The number of imidazole rings is 1. The van der Waals surface area contributed by atoms with Crippen molar-refractivity contribution in [3.8, 4) is 0 Å². The van der Waals surface area contributed by atoms with E-state index in [1.165, 1.54) is 32.1 Å². The first-order chi connectivity index (χ1) is 11.7. The van der Waals surface area contributed by atoms with Gasteiger partial charge in [-0.05, 0) is 50.2 Å². The van der Waals surface area contributed by atoms with E-state index < -0.39 is 0 Å². The third kappa shape index (κ3) is 2.85. The van der Waals surface area contributed by atoms with Gasteiger partial charge in [-0.2, -0.15) is 0 Å². The molecule has 1 aliphatic heterocycles. The van der Waals surface area contributed by atoms with Crippen LogP contribution in [0.25, 0.3) is 11.2 Å². The van der Waals surface area contributed by atoms with Gasteiger partial charge in [-0.1, -0.05) is 6.42 Å². The molecule has 0 unspecified atom stereocenters. The number of piperidine rings is 1. The number of nitrogens with zero attached hydrogens (tertiary/aromatic N) is 3. The van der Waals surface area contributed by atoms with Crippen LogP contribution in [-0.4, -0.2) is 40.6 Å². The van der Waals surface area contributed by atoms with Crippen LogP contribution in [0.2, 0.25) is 0 Å². The standard InChI is InChI=1S/C18H24N4O2/c1-2-24-16(23)12-14-19-13-4-5-15(21-17(13)20-14)22-10-8-18(9-11-22)6-3-7-18/h4-5H,2-3,6-12H2,1H3,(H,19,20,21). The quantitative estimate of drug-likeness (QED) is 0.874. The molecule has 6 nitrogen and oxygen atoms in total. The van der Waals surface area contributed by atoms with Crippen molar-refractivity contribution in [1.29, 1.82) is 0 Å². The van der Waals surface area contributed by atoms with Crippen molar-refractivity contribution in [1.82, 2.24) is 15.0 Å². The number of hydrogen-bond donors (Lipinski definition) is 1. The molecule has 2 fully saturated rings. The molecular formula is C18H24N4O2. The normalized spacial score (nSPS) is 19.5. The Morgan fingerprint density at radius 1 is 1.25 bits per heavy atom. The van der Waals surface area contributed by atoms with Gasteiger partial charge in [-0.15, -0.1) is 0 Å². The van der Waals surface area contributed by atoms with Gasteiger partial charge in [-0.25, -0.2) is 9.97 Å². The zero-order valence-corrected chi connectivity index (χ0v) is 14.2. The summed E-state index contributed by atoms with van der Waals surface area (Å²) in [6, 6.07) is 4.06. The van der Waals surface area contributed by atoms with Crippen LogP contribution in [0.3, 0.4) is 0 Å². The summed E-state index contributed by atoms with van der Waals surface area (Å²) in [5, 5.41) is 0. The fourth-order valence-corrected chi connectivity index (χ4v) is 3.93. The molecule has 0 radical (unpaired) electrons. The second kappa shape index (κ2) is 6.07. The molecule has 0 aromatic carbocycles. The summed E-state index contributed by atoms with van der Waals surface area (Å²) in [7, 11) is 0. The van der Waals surface area contributed by atoms with Crippen LogP contribution < -0.4 is 4.90 Å². The minimum absolute atomic E-state index is 0.158. The molecule has 3 heterocycles. The number of esters is 1. The predicted molar refractivity (Wildman–Crippen MR) is 92.0 cm³/mol. The second-order valence-corrected chi connectivity index (χ2v) is 7.05. The van der Waals surface area contributed by atoms with Gasteiger partial charge in [0.15, 0.2) is 5.65 Å². The molecule has 1 saturated carbocycles. The highest BCUT2D eigenvalue weighted by Crippen LogP contribution is 2.49. The van der Waals surface area contributed by atoms with E-state index in [-0.39, 0.29) is 12.4 Å². The van der Waals surface area contributed by atoms with Gasteiger partial charge in [0.25, 0.3) is 0 Å². The number of aromatic amines is 1. The molecule has 2 aromatic rings. The molecule has 4 rings (SSSR count). The Morgan fingerprint density at radius 3 is 2.71 bits per heavy atom. The first kappa shape index (κ1) is 15.4. The average Bonchev–Trinajstić information content (AvgIpc) is 2.95. The largest absolute Gasteiger partial charge is 0.466 e. The molecule has 1 spiro atoms. The maximum absolute atomic E-state index is 11.6. The zero-order valence-electron chi connectivity index (χ0n) is 14.2. The highest BCUT2D eigenvalue weighted by atomic mass is 16.5. The monoisotopic (exact) mass is 328 g/mol. The van der Waals surface area contributed by atoms with Gasteiger partial charge in [0, 0.05) is 13.1 Å². The minimum atomic E-state index is -0.265. The maximum Gasteiger partial charge on any atom is 0.313 e. The second-order valence-electron chi connectivity index (χ2n) is 7.05. The van der Waals surface area contributed by atoms with Crippen LogP contribution in [0.1, 0.15) is 44.9 Å². The Balaban J connectivity index is 1.48. The fourth-order valence-electron chi connectivity index (χ4n) is 3.93. The van der Waals surface area contributed by atoms with Gasteiger partial charge in [0.05, 0.1) is 12.1 Å². The number of fused-ring (bicyclic) bond motifs is 1. The number of hydrogen-bond acceptors (Lipinski definition) is 5. The lowest BCUT2D eigenvalue weighted by Gasteiger charge is -2.48. The molecule has 128 valence electrons. The summed E-state index contributed by atoms with van der Waals surface area (Å²) >= 11 is 0. The van der Waals surface area contributed by atoms with Gasteiger partial charge < -0.3 is 14.6 Å². The summed E-state index contributed by atoms with van der Waals surface area (Å²) in [6.07, 6.45) is 6.93. The SMILES string of the molecule is CCOC(=O)Cc1nc2nc(N3CCC4(CCC4)CC3)ccc2[nH]1. The van der Waals surface area contributed by atoms with Crippen molar-refractivity contribution in [3.63, 3.8) is 0 Å². The Morgan fingerprint density at radius 2 is 2.04 bits per heavy atom. The molecule has 6 heteroatoms. The molecule has 0 amide bonds. The molecule has 1 aliphatic carbocycles. The van der Waals surface area contributed by atoms with Crippen LogP contribution in [0, 0.1) is 5.41 Å². The van der Waals surface area contributed by atoms with Crippen molar-refractivity contribution < 1.29 is 9.53 Å². The Hall–Kier alpha value is -2.11. The van der Waals surface area contributed by atoms with E-state index in [0.29, 0.717) is 23.5 Å². The topological polar surface area (TPSA) is 71.1 Å². The molecule has 0 bridgehead atoms. The van der Waals surface area contributed by atoms with E-state index in [9.17, 15) is 4.79 Å². The predicted octanol–water partition coefficient (Wildman–Crippen LogP) is 2.83. The summed E-state index contributed by atoms with van der Waals surface area (Å²) in [4.78, 5) is 26.3. The number of ether oxygens (including phenoxy) is 1. The molecule has 24 heavy (non-hydrogen) atoms. The summed E-state index contributed by atoms with van der Waals surface area (Å²) < 4.78 is 4.97. The van der Waals surface area contributed by atoms with Gasteiger partial charge in [0.1, 0.15) is 18.1 Å². The number of rotatable bonds is 4. The highest BCUT2D eigenvalue weighted by Gasteiger charge is 2.39. The molecule has 2 aliphatic rings. The minimum Gasteiger partial charge on any atom is -0.466 e. The van der Waals surface area contributed by atoms with Crippen molar-refractivity contribution in [2.75, 3.05) is 24.6 Å². The van der Waals surface area contributed by atoms with Crippen molar-refractivity contribution in [3.05, 3.63) is 18.0 Å².